The Balaban J connectivity index is 1.40. The molecule has 2 aromatic carbocycles. The van der Waals surface area contributed by atoms with Crippen LogP contribution in [0.3, 0.4) is 0 Å². The summed E-state index contributed by atoms with van der Waals surface area (Å²) in [6.45, 7) is 4.31. The summed E-state index contributed by atoms with van der Waals surface area (Å²) in [5, 5.41) is 10.3. The number of nitrogens with two attached hydrogens (primary N) is 1. The fourth-order valence-corrected chi connectivity index (χ4v) is 3.31. The topological polar surface area (TPSA) is 92.3 Å². The van der Waals surface area contributed by atoms with Crippen LogP contribution in [0.2, 0.25) is 0 Å². The highest BCUT2D eigenvalue weighted by atomic mass is 19.1. The summed E-state index contributed by atoms with van der Waals surface area (Å²) in [4.78, 5) is 14.9. The molecule has 1 saturated heterocycles. The normalized spacial score (nSPS) is 15.9. The van der Waals surface area contributed by atoms with Crippen LogP contribution in [0.15, 0.2) is 48.5 Å². The van der Waals surface area contributed by atoms with Crippen molar-refractivity contribution in [1.82, 2.24) is 5.43 Å². The van der Waals surface area contributed by atoms with E-state index in [1.807, 2.05) is 0 Å². The fourth-order valence-electron chi connectivity index (χ4n) is 3.31. The molecule has 7 nitrogen and oxygen atoms in total. The lowest BCUT2D eigenvalue weighted by atomic mass is 10.2. The van der Waals surface area contributed by atoms with E-state index in [0.29, 0.717) is 17.9 Å². The van der Waals surface area contributed by atoms with Crippen LogP contribution in [0.4, 0.5) is 10.1 Å². The molecule has 1 heterocycles. The quantitative estimate of drug-likeness (QED) is 0.293. The summed E-state index contributed by atoms with van der Waals surface area (Å²) in [5.41, 5.74) is 3.54. The van der Waals surface area contributed by atoms with Crippen LogP contribution in [0.5, 0.6) is 5.75 Å². The van der Waals surface area contributed by atoms with Crippen molar-refractivity contribution in [2.75, 3.05) is 44.2 Å². The van der Waals surface area contributed by atoms with E-state index in [9.17, 15) is 14.3 Å². The standard InChI is InChI=1S/C20H25FN4O3/c21-16-3-5-17(6-4-16)25-11-9-24(10-12-25)13-18(26)14-28-19-7-1-15(2-8-19)20(27)23-22/h1-8,18,26H,9-14,22H2,(H,23,27)/p+1/t18-/m1/s1. The van der Waals surface area contributed by atoms with E-state index in [0.717, 1.165) is 31.9 Å². The number of hydrazine groups is 1. The first kappa shape index (κ1) is 20.1. The summed E-state index contributed by atoms with van der Waals surface area (Å²) in [6, 6.07) is 13.1. The lowest BCUT2D eigenvalue weighted by Gasteiger charge is -2.34. The summed E-state index contributed by atoms with van der Waals surface area (Å²) in [5.74, 6) is 5.09. The lowest BCUT2D eigenvalue weighted by molar-refractivity contribution is -0.903. The molecular weight excluding hydrogens is 363 g/mol. The van der Waals surface area contributed by atoms with E-state index < -0.39 is 6.10 Å². The van der Waals surface area contributed by atoms with Gasteiger partial charge in [-0.3, -0.25) is 10.2 Å². The van der Waals surface area contributed by atoms with Crippen LogP contribution in [0, 0.1) is 5.82 Å². The Morgan fingerprint density at radius 2 is 1.82 bits per heavy atom. The van der Waals surface area contributed by atoms with E-state index in [1.165, 1.54) is 17.0 Å². The molecule has 2 aromatic rings. The Kier molecular flexibility index (Phi) is 6.80. The van der Waals surface area contributed by atoms with Crippen LogP contribution in [0.25, 0.3) is 0 Å². The van der Waals surface area contributed by atoms with Crippen molar-refractivity contribution in [1.29, 1.82) is 0 Å². The second-order valence-corrected chi connectivity index (χ2v) is 6.88. The Bertz CT molecular complexity index is 762. The SMILES string of the molecule is NNC(=O)c1ccc(OC[C@H](O)C[NH+]2CCN(c3ccc(F)cc3)CC2)cc1. The fraction of sp³-hybridized carbons (Fsp3) is 0.350. The smallest absolute Gasteiger partial charge is 0.265 e. The Morgan fingerprint density at radius 1 is 1.18 bits per heavy atom. The van der Waals surface area contributed by atoms with Gasteiger partial charge in [0.2, 0.25) is 0 Å². The van der Waals surface area contributed by atoms with Crippen molar-refractivity contribution in [3.8, 4) is 5.75 Å². The highest BCUT2D eigenvalue weighted by Gasteiger charge is 2.23. The van der Waals surface area contributed by atoms with Crippen LogP contribution in [0.1, 0.15) is 10.4 Å². The highest BCUT2D eigenvalue weighted by Crippen LogP contribution is 2.14. The third-order valence-corrected chi connectivity index (χ3v) is 4.88. The number of aliphatic hydroxyl groups is 1. The summed E-state index contributed by atoms with van der Waals surface area (Å²) in [7, 11) is 0. The van der Waals surface area contributed by atoms with E-state index in [4.69, 9.17) is 10.6 Å². The second-order valence-electron chi connectivity index (χ2n) is 6.88. The van der Waals surface area contributed by atoms with Gasteiger partial charge in [-0.15, -0.1) is 0 Å². The first-order valence-corrected chi connectivity index (χ1v) is 9.31. The molecule has 8 heteroatoms. The maximum Gasteiger partial charge on any atom is 0.265 e. The number of benzene rings is 2. The summed E-state index contributed by atoms with van der Waals surface area (Å²) in [6.07, 6.45) is -0.584. The zero-order valence-corrected chi connectivity index (χ0v) is 15.6. The number of aliphatic hydroxyl groups excluding tert-OH is 1. The first-order valence-electron chi connectivity index (χ1n) is 9.31. The third kappa shape index (κ3) is 5.41. The molecule has 150 valence electrons. The number of nitrogens with zero attached hydrogens (tertiary/aromatic N) is 1. The molecule has 1 fully saturated rings. The average Bonchev–Trinajstić information content (AvgIpc) is 2.73. The van der Waals surface area contributed by atoms with E-state index in [2.05, 4.69) is 10.3 Å². The number of hydrogen-bond donors (Lipinski definition) is 4. The van der Waals surface area contributed by atoms with Gasteiger partial charge >= 0.3 is 0 Å². The minimum Gasteiger partial charge on any atom is -0.491 e. The molecule has 0 aromatic heterocycles. The van der Waals surface area contributed by atoms with Crippen LogP contribution in [-0.4, -0.2) is 56.4 Å². The van der Waals surface area contributed by atoms with Gasteiger partial charge in [0.05, 0.1) is 26.2 Å². The van der Waals surface area contributed by atoms with Gasteiger partial charge in [-0.25, -0.2) is 10.2 Å². The number of amides is 1. The molecule has 28 heavy (non-hydrogen) atoms. The number of carbonyl (C=O) groups is 1. The number of nitrogen functional groups attached to an aromatic ring is 1. The second kappa shape index (κ2) is 9.50. The zero-order chi connectivity index (χ0) is 19.9. The number of rotatable bonds is 7. The van der Waals surface area contributed by atoms with Gasteiger partial charge in [-0.1, -0.05) is 0 Å². The minimum atomic E-state index is -0.584. The molecule has 0 aliphatic carbocycles. The van der Waals surface area contributed by atoms with Crippen molar-refractivity contribution in [3.63, 3.8) is 0 Å². The van der Waals surface area contributed by atoms with Gasteiger partial charge in [-0.2, -0.15) is 0 Å². The van der Waals surface area contributed by atoms with E-state index >= 15 is 0 Å². The van der Waals surface area contributed by atoms with Gasteiger partial charge in [0.1, 0.15) is 30.8 Å². The number of hydrogen-bond acceptors (Lipinski definition) is 5. The maximum atomic E-state index is 13.0. The van der Waals surface area contributed by atoms with E-state index in [1.54, 1.807) is 36.4 Å². The van der Waals surface area contributed by atoms with Crippen LogP contribution >= 0.6 is 0 Å². The van der Waals surface area contributed by atoms with Gasteiger partial charge < -0.3 is 19.6 Å². The summed E-state index contributed by atoms with van der Waals surface area (Å²) < 4.78 is 18.6. The minimum absolute atomic E-state index is 0.188. The predicted octanol–water partition coefficient (Wildman–Crippen LogP) is -0.426. The Labute approximate surface area is 163 Å². The molecule has 1 aliphatic rings. The molecule has 1 amide bonds. The van der Waals surface area contributed by atoms with E-state index in [-0.39, 0.29) is 18.3 Å². The molecular formula is C20H26FN4O3+. The molecule has 1 atom stereocenters. The van der Waals surface area contributed by atoms with Crippen molar-refractivity contribution in [2.24, 2.45) is 5.84 Å². The Hall–Kier alpha value is -2.68. The first-order chi connectivity index (χ1) is 13.5. The number of carbonyl (C=O) groups excluding carboxylic acids is 1. The average molecular weight is 389 g/mol. The highest BCUT2D eigenvalue weighted by molar-refractivity contribution is 5.93. The number of halogens is 1. The number of nitrogens with one attached hydrogen (secondary N) is 2. The van der Waals surface area contributed by atoms with Gasteiger partial charge in [0.25, 0.3) is 5.91 Å². The number of quaternary nitrogens is 1. The maximum absolute atomic E-state index is 13.0. The van der Waals surface area contributed by atoms with Crippen molar-refractivity contribution in [2.45, 2.75) is 6.10 Å². The molecule has 3 rings (SSSR count). The molecule has 0 spiro atoms. The number of piperazine rings is 1. The monoisotopic (exact) mass is 389 g/mol. The van der Waals surface area contributed by atoms with Crippen molar-refractivity contribution < 1.29 is 23.9 Å². The summed E-state index contributed by atoms with van der Waals surface area (Å²) >= 11 is 0. The zero-order valence-electron chi connectivity index (χ0n) is 15.6. The van der Waals surface area contributed by atoms with Crippen LogP contribution < -0.4 is 25.8 Å². The molecule has 0 radical (unpaired) electrons. The van der Waals surface area contributed by atoms with Gasteiger partial charge in [0, 0.05) is 11.3 Å². The molecule has 0 unspecified atom stereocenters. The molecule has 0 bridgehead atoms. The largest absolute Gasteiger partial charge is 0.491 e. The predicted molar refractivity (Wildman–Crippen MR) is 104 cm³/mol. The third-order valence-electron chi connectivity index (χ3n) is 4.88. The van der Waals surface area contributed by atoms with Crippen LogP contribution in [-0.2, 0) is 0 Å². The van der Waals surface area contributed by atoms with Gasteiger partial charge in [0.15, 0.2) is 0 Å². The van der Waals surface area contributed by atoms with Crippen molar-refractivity contribution >= 4 is 11.6 Å². The number of ether oxygens (including phenoxy) is 1. The molecule has 5 N–H and O–H groups in total. The lowest BCUT2D eigenvalue weighted by Crippen LogP contribution is -3.16. The molecule has 0 saturated carbocycles. The molecule has 1 aliphatic heterocycles. The van der Waals surface area contributed by atoms with Crippen molar-refractivity contribution in [3.05, 3.63) is 59.9 Å². The number of anilines is 1. The Morgan fingerprint density at radius 3 is 2.43 bits per heavy atom. The van der Waals surface area contributed by atoms with Gasteiger partial charge in [-0.05, 0) is 48.5 Å².